The number of unbranched alkanes of at least 4 members (excludes halogenated alkanes) is 1. The molecule has 0 saturated heterocycles. The van der Waals surface area contributed by atoms with Crippen LogP contribution in [0.5, 0.6) is 0 Å². The van der Waals surface area contributed by atoms with E-state index in [1.807, 2.05) is 6.08 Å². The van der Waals surface area contributed by atoms with Crippen LogP contribution in [0.4, 0.5) is 9.59 Å². The van der Waals surface area contributed by atoms with Crippen molar-refractivity contribution in [1.82, 2.24) is 10.4 Å². The molecule has 0 heterocycles. The second-order valence-corrected chi connectivity index (χ2v) is 6.60. The zero-order valence-electron chi connectivity index (χ0n) is 17.2. The molecule has 26 heavy (non-hydrogen) atoms. The Balaban J connectivity index is 4.81. The number of ether oxygens (including phenoxy) is 2. The van der Waals surface area contributed by atoms with Crippen LogP contribution in [-0.2, 0) is 9.47 Å². The number of hydrazine groups is 1. The number of hydrogen-bond donors (Lipinski definition) is 1. The van der Waals surface area contributed by atoms with Crippen molar-refractivity contribution in [2.75, 3.05) is 6.54 Å². The summed E-state index contributed by atoms with van der Waals surface area (Å²) in [4.78, 5) is 24.0. The number of allylic oxidation sites excluding steroid dienone is 3. The topological polar surface area (TPSA) is 67.9 Å². The van der Waals surface area contributed by atoms with Crippen LogP contribution < -0.4 is 5.43 Å². The van der Waals surface area contributed by atoms with Crippen molar-refractivity contribution in [3.8, 4) is 0 Å². The summed E-state index contributed by atoms with van der Waals surface area (Å²) in [5, 5.41) is 1.15. The van der Waals surface area contributed by atoms with Crippen molar-refractivity contribution in [1.29, 1.82) is 0 Å². The molecule has 6 heteroatoms. The van der Waals surface area contributed by atoms with Crippen LogP contribution in [0, 0.1) is 0 Å². The molecule has 0 atom stereocenters. The first-order valence-corrected chi connectivity index (χ1v) is 9.58. The van der Waals surface area contributed by atoms with Crippen LogP contribution in [0.1, 0.15) is 73.6 Å². The highest BCUT2D eigenvalue weighted by molar-refractivity contribution is 5.74. The van der Waals surface area contributed by atoms with E-state index < -0.39 is 12.2 Å². The minimum atomic E-state index is -0.670. The minimum Gasteiger partial charge on any atom is -0.446 e. The standard InChI is InChI=1S/C20H36N2O4/c1-7-9-10-11-12-13-18(8-2)14-15-22(20(24)26-17(5)6)21-19(23)25-16(3)4/h9-10,14,16-17H,7-8,11-13,15H2,1-6H3,(H,21,23). The molecule has 0 rings (SSSR count). The number of rotatable bonds is 10. The van der Waals surface area contributed by atoms with Crippen LogP contribution in [0.15, 0.2) is 23.8 Å². The second kappa shape index (κ2) is 14.2. The SMILES string of the molecule is CCC=CCCCC(=CCN(NC(=O)OC(C)C)C(=O)OC(C)C)CC. The largest absolute Gasteiger partial charge is 0.446 e. The summed E-state index contributed by atoms with van der Waals surface area (Å²) in [5.74, 6) is 0. The molecule has 0 bridgehead atoms. The maximum Gasteiger partial charge on any atom is 0.429 e. The van der Waals surface area contributed by atoms with Crippen molar-refractivity contribution in [3.63, 3.8) is 0 Å². The van der Waals surface area contributed by atoms with Gasteiger partial charge in [0.15, 0.2) is 0 Å². The maximum atomic E-state index is 12.2. The van der Waals surface area contributed by atoms with E-state index in [4.69, 9.17) is 9.47 Å². The fourth-order valence-corrected chi connectivity index (χ4v) is 2.16. The second-order valence-electron chi connectivity index (χ2n) is 6.60. The van der Waals surface area contributed by atoms with Crippen molar-refractivity contribution in [2.45, 2.75) is 85.9 Å². The highest BCUT2D eigenvalue weighted by Crippen LogP contribution is 2.12. The molecule has 0 spiro atoms. The first-order chi connectivity index (χ1) is 12.3. The molecule has 1 N–H and O–H groups in total. The Kier molecular flexibility index (Phi) is 13.1. The molecule has 2 amide bonds. The molecule has 0 aromatic carbocycles. The summed E-state index contributed by atoms with van der Waals surface area (Å²) in [6.45, 7) is 11.5. The molecule has 0 aliphatic carbocycles. The zero-order valence-corrected chi connectivity index (χ0v) is 17.2. The summed E-state index contributed by atoms with van der Waals surface area (Å²) < 4.78 is 10.2. The molecular formula is C20H36N2O4. The maximum absolute atomic E-state index is 12.2. The predicted molar refractivity (Wildman–Crippen MR) is 105 cm³/mol. The van der Waals surface area contributed by atoms with Crippen molar-refractivity contribution < 1.29 is 19.1 Å². The first-order valence-electron chi connectivity index (χ1n) is 9.58. The Hall–Kier alpha value is -1.98. The normalized spacial score (nSPS) is 11.9. The Labute approximate surface area is 158 Å². The smallest absolute Gasteiger partial charge is 0.429 e. The van der Waals surface area contributed by atoms with Gasteiger partial charge in [0.05, 0.1) is 18.8 Å². The first kappa shape index (κ1) is 24.0. The fourth-order valence-electron chi connectivity index (χ4n) is 2.16. The Bertz CT molecular complexity index is 470. The lowest BCUT2D eigenvalue weighted by Gasteiger charge is -2.23. The lowest BCUT2D eigenvalue weighted by Crippen LogP contribution is -2.47. The molecule has 150 valence electrons. The van der Waals surface area contributed by atoms with E-state index >= 15 is 0 Å². The molecule has 0 fully saturated rings. The van der Waals surface area contributed by atoms with E-state index in [9.17, 15) is 9.59 Å². The van der Waals surface area contributed by atoms with Gasteiger partial charge in [-0.05, 0) is 59.8 Å². The third-order valence-corrected chi connectivity index (χ3v) is 3.41. The van der Waals surface area contributed by atoms with Gasteiger partial charge in [0.2, 0.25) is 0 Å². The highest BCUT2D eigenvalue weighted by Gasteiger charge is 2.19. The van der Waals surface area contributed by atoms with Crippen LogP contribution in [0.25, 0.3) is 0 Å². The molecule has 0 aliphatic heterocycles. The van der Waals surface area contributed by atoms with Gasteiger partial charge in [-0.3, -0.25) is 0 Å². The average molecular weight is 369 g/mol. The van der Waals surface area contributed by atoms with E-state index in [1.165, 1.54) is 5.57 Å². The zero-order chi connectivity index (χ0) is 19.9. The summed E-state index contributed by atoms with van der Waals surface area (Å²) >= 11 is 0. The molecule has 0 saturated carbocycles. The molecule has 0 unspecified atom stereocenters. The van der Waals surface area contributed by atoms with Gasteiger partial charge in [0.25, 0.3) is 0 Å². The van der Waals surface area contributed by atoms with Gasteiger partial charge in [0, 0.05) is 0 Å². The third-order valence-electron chi connectivity index (χ3n) is 3.41. The molecule has 0 aliphatic rings. The van der Waals surface area contributed by atoms with Gasteiger partial charge in [-0.2, -0.15) is 0 Å². The molecule has 0 aromatic heterocycles. The number of carbonyl (C=O) groups is 2. The van der Waals surface area contributed by atoms with E-state index in [2.05, 4.69) is 31.4 Å². The molecule has 0 radical (unpaired) electrons. The number of nitrogens with one attached hydrogen (secondary N) is 1. The lowest BCUT2D eigenvalue weighted by atomic mass is 10.1. The van der Waals surface area contributed by atoms with Crippen molar-refractivity contribution >= 4 is 12.2 Å². The Morgan fingerprint density at radius 3 is 2.23 bits per heavy atom. The van der Waals surface area contributed by atoms with Crippen LogP contribution in [0.2, 0.25) is 0 Å². The van der Waals surface area contributed by atoms with Gasteiger partial charge in [0.1, 0.15) is 0 Å². The lowest BCUT2D eigenvalue weighted by molar-refractivity contribution is 0.0510. The number of hydrogen-bond acceptors (Lipinski definition) is 4. The van der Waals surface area contributed by atoms with Gasteiger partial charge >= 0.3 is 12.2 Å². The molecular weight excluding hydrogens is 332 g/mol. The number of carbonyl (C=O) groups excluding carboxylic acids is 2. The van der Waals surface area contributed by atoms with Gasteiger partial charge in [-0.15, -0.1) is 0 Å². The number of nitrogens with zero attached hydrogens (tertiary/aromatic N) is 1. The summed E-state index contributed by atoms with van der Waals surface area (Å²) in [5.41, 5.74) is 3.71. The Morgan fingerprint density at radius 1 is 1.04 bits per heavy atom. The van der Waals surface area contributed by atoms with Crippen molar-refractivity contribution in [2.24, 2.45) is 0 Å². The van der Waals surface area contributed by atoms with Gasteiger partial charge < -0.3 is 9.47 Å². The van der Waals surface area contributed by atoms with Crippen molar-refractivity contribution in [3.05, 3.63) is 23.8 Å². The fraction of sp³-hybridized carbons (Fsp3) is 0.700. The predicted octanol–water partition coefficient (Wildman–Crippen LogP) is 5.36. The van der Waals surface area contributed by atoms with E-state index in [0.717, 1.165) is 37.1 Å². The van der Waals surface area contributed by atoms with Crippen LogP contribution >= 0.6 is 0 Å². The molecule has 6 nitrogen and oxygen atoms in total. The van der Waals surface area contributed by atoms with E-state index in [1.54, 1.807) is 27.7 Å². The van der Waals surface area contributed by atoms with Gasteiger partial charge in [-0.25, -0.2) is 20.0 Å². The van der Waals surface area contributed by atoms with Crippen LogP contribution in [-0.4, -0.2) is 35.9 Å². The Morgan fingerprint density at radius 2 is 1.69 bits per heavy atom. The van der Waals surface area contributed by atoms with E-state index in [-0.39, 0.29) is 18.8 Å². The molecule has 0 aromatic rings. The average Bonchev–Trinajstić information content (AvgIpc) is 2.54. The summed E-state index contributed by atoms with van der Waals surface area (Å²) in [7, 11) is 0. The highest BCUT2D eigenvalue weighted by atomic mass is 16.6. The minimum absolute atomic E-state index is 0.243. The number of amides is 2. The van der Waals surface area contributed by atoms with E-state index in [0.29, 0.717) is 0 Å². The van der Waals surface area contributed by atoms with Crippen LogP contribution in [0.3, 0.4) is 0 Å². The quantitative estimate of drug-likeness (QED) is 0.320. The summed E-state index contributed by atoms with van der Waals surface area (Å²) in [6.07, 6.45) is 9.57. The third kappa shape index (κ3) is 12.4. The summed E-state index contributed by atoms with van der Waals surface area (Å²) in [6, 6.07) is 0. The monoisotopic (exact) mass is 368 g/mol. The van der Waals surface area contributed by atoms with Gasteiger partial charge in [-0.1, -0.05) is 37.6 Å².